The van der Waals surface area contributed by atoms with Crippen LogP contribution >= 0.6 is 0 Å². The van der Waals surface area contributed by atoms with Gasteiger partial charge in [0.25, 0.3) is 0 Å². The Morgan fingerprint density at radius 2 is 1.12 bits per heavy atom. The number of rotatable bonds is 5. The van der Waals surface area contributed by atoms with Crippen LogP contribution in [0.2, 0.25) is 0 Å². The molecule has 0 spiro atoms. The van der Waals surface area contributed by atoms with Crippen molar-refractivity contribution >= 4 is 0 Å². The molecule has 0 bridgehead atoms. The van der Waals surface area contributed by atoms with E-state index in [1.54, 1.807) is 30.3 Å². The molecule has 0 N–H and O–H groups in total. The van der Waals surface area contributed by atoms with Gasteiger partial charge in [-0.3, -0.25) is 0 Å². The lowest BCUT2D eigenvalue weighted by Gasteiger charge is -2.28. The summed E-state index contributed by atoms with van der Waals surface area (Å²) in [7, 11) is 0. The van der Waals surface area contributed by atoms with E-state index in [-0.39, 0.29) is 34.3 Å². The van der Waals surface area contributed by atoms with Crippen LogP contribution in [0.3, 0.4) is 0 Å². The van der Waals surface area contributed by atoms with Gasteiger partial charge in [-0.25, -0.2) is 17.6 Å². The summed E-state index contributed by atoms with van der Waals surface area (Å²) in [5, 5.41) is 0. The third-order valence-corrected chi connectivity index (χ3v) is 6.40. The van der Waals surface area contributed by atoms with Gasteiger partial charge in [-0.15, -0.1) is 6.58 Å². The SMILES string of the molecule is C=CC1CCC(c2ccc(-c3ccc(-c4ccc(C5CO5)c(F)c4F)cc3)c(F)c2F)OC1. The van der Waals surface area contributed by atoms with Crippen molar-refractivity contribution in [3.63, 3.8) is 0 Å². The van der Waals surface area contributed by atoms with Gasteiger partial charge >= 0.3 is 0 Å². The van der Waals surface area contributed by atoms with Crippen LogP contribution in [0.15, 0.2) is 61.2 Å². The lowest BCUT2D eigenvalue weighted by Crippen LogP contribution is -2.20. The standard InChI is InChI=1S/C27H22F4O2/c1-2-15-3-12-22(32-13-15)20-10-8-18(24(28)26(20)30)16-4-6-17(7-5-16)19-9-11-21(23-14-33-23)27(31)25(19)29/h2,4-11,15,22-23H,1,3,12-14H2. The zero-order valence-electron chi connectivity index (χ0n) is 17.8. The monoisotopic (exact) mass is 454 g/mol. The zero-order chi connectivity index (χ0) is 23.1. The van der Waals surface area contributed by atoms with Gasteiger partial charge in [0.15, 0.2) is 23.3 Å². The highest BCUT2D eigenvalue weighted by Gasteiger charge is 2.30. The van der Waals surface area contributed by atoms with Crippen LogP contribution in [0, 0.1) is 29.2 Å². The summed E-state index contributed by atoms with van der Waals surface area (Å²) in [5.41, 5.74) is 1.46. The fourth-order valence-electron chi connectivity index (χ4n) is 4.33. The van der Waals surface area contributed by atoms with Crippen molar-refractivity contribution in [2.45, 2.75) is 25.0 Å². The molecule has 0 aliphatic carbocycles. The van der Waals surface area contributed by atoms with Crippen LogP contribution in [0.1, 0.15) is 36.2 Å². The first-order chi connectivity index (χ1) is 16.0. The summed E-state index contributed by atoms with van der Waals surface area (Å²) >= 11 is 0. The van der Waals surface area contributed by atoms with Crippen LogP contribution in [0.4, 0.5) is 17.6 Å². The lowest BCUT2D eigenvalue weighted by molar-refractivity contribution is -0.00732. The number of epoxide rings is 1. The summed E-state index contributed by atoms with van der Waals surface area (Å²) in [5.74, 6) is -3.54. The van der Waals surface area contributed by atoms with Gasteiger partial charge in [-0.05, 0) is 24.0 Å². The van der Waals surface area contributed by atoms with Gasteiger partial charge in [0.05, 0.1) is 19.3 Å². The molecule has 2 fully saturated rings. The molecule has 2 aliphatic rings. The van der Waals surface area contributed by atoms with Crippen molar-refractivity contribution in [3.05, 3.63) is 95.6 Å². The second-order valence-electron chi connectivity index (χ2n) is 8.46. The molecule has 3 aromatic carbocycles. The number of hydrogen-bond donors (Lipinski definition) is 0. The Kier molecular flexibility index (Phi) is 5.81. The summed E-state index contributed by atoms with van der Waals surface area (Å²) in [4.78, 5) is 0. The maximum Gasteiger partial charge on any atom is 0.167 e. The molecule has 3 atom stereocenters. The molecule has 2 saturated heterocycles. The van der Waals surface area contributed by atoms with Crippen LogP contribution in [0.25, 0.3) is 22.3 Å². The van der Waals surface area contributed by atoms with E-state index in [1.807, 2.05) is 6.08 Å². The van der Waals surface area contributed by atoms with Crippen molar-refractivity contribution in [2.75, 3.05) is 13.2 Å². The number of halogens is 4. The minimum absolute atomic E-state index is 0.0930. The number of ether oxygens (including phenoxy) is 2. The Morgan fingerprint density at radius 1 is 0.636 bits per heavy atom. The van der Waals surface area contributed by atoms with Crippen LogP contribution < -0.4 is 0 Å². The van der Waals surface area contributed by atoms with Crippen molar-refractivity contribution in [1.29, 1.82) is 0 Å². The van der Waals surface area contributed by atoms with Gasteiger partial charge in [0.2, 0.25) is 0 Å². The quantitative estimate of drug-likeness (QED) is 0.229. The maximum atomic E-state index is 14.9. The van der Waals surface area contributed by atoms with Crippen LogP contribution in [-0.4, -0.2) is 13.2 Å². The van der Waals surface area contributed by atoms with Crippen LogP contribution in [-0.2, 0) is 9.47 Å². The molecule has 2 heterocycles. The Hall–Kier alpha value is -2.96. The van der Waals surface area contributed by atoms with Crippen molar-refractivity contribution in [2.24, 2.45) is 5.92 Å². The van der Waals surface area contributed by atoms with Gasteiger partial charge in [0, 0.05) is 28.2 Å². The molecule has 0 radical (unpaired) electrons. The average molecular weight is 454 g/mol. The van der Waals surface area contributed by atoms with E-state index in [4.69, 9.17) is 9.47 Å². The predicted octanol–water partition coefficient (Wildman–Crippen LogP) is 7.30. The lowest BCUT2D eigenvalue weighted by atomic mass is 9.92. The number of benzene rings is 3. The largest absolute Gasteiger partial charge is 0.373 e. The Bertz CT molecular complexity index is 1190. The fraction of sp³-hybridized carbons (Fsp3) is 0.259. The highest BCUT2D eigenvalue weighted by molar-refractivity contribution is 5.71. The second-order valence-corrected chi connectivity index (χ2v) is 8.46. The van der Waals surface area contributed by atoms with Crippen LogP contribution in [0.5, 0.6) is 0 Å². The third-order valence-electron chi connectivity index (χ3n) is 6.40. The van der Waals surface area contributed by atoms with Gasteiger partial charge in [-0.2, -0.15) is 0 Å². The molecule has 170 valence electrons. The van der Waals surface area contributed by atoms with Gasteiger partial charge in [-0.1, -0.05) is 54.6 Å². The van der Waals surface area contributed by atoms with E-state index in [2.05, 4.69) is 6.58 Å². The van der Waals surface area contributed by atoms with Gasteiger partial charge in [0.1, 0.15) is 6.10 Å². The fourth-order valence-corrected chi connectivity index (χ4v) is 4.33. The molecule has 0 amide bonds. The zero-order valence-corrected chi connectivity index (χ0v) is 17.8. The first kappa shape index (κ1) is 21.9. The third kappa shape index (κ3) is 4.09. The van der Waals surface area contributed by atoms with E-state index >= 15 is 0 Å². The van der Waals surface area contributed by atoms with E-state index in [9.17, 15) is 17.6 Å². The van der Waals surface area contributed by atoms with E-state index in [0.717, 1.165) is 6.42 Å². The Balaban J connectivity index is 1.40. The molecule has 0 aromatic heterocycles. The van der Waals surface area contributed by atoms with Crippen molar-refractivity contribution in [1.82, 2.24) is 0 Å². The summed E-state index contributed by atoms with van der Waals surface area (Å²) in [6, 6.07) is 12.3. The van der Waals surface area contributed by atoms with Gasteiger partial charge < -0.3 is 9.47 Å². The molecule has 2 aliphatic heterocycles. The minimum Gasteiger partial charge on any atom is -0.373 e. The smallest absolute Gasteiger partial charge is 0.167 e. The predicted molar refractivity (Wildman–Crippen MR) is 117 cm³/mol. The van der Waals surface area contributed by atoms with Crippen molar-refractivity contribution in [3.8, 4) is 22.3 Å². The van der Waals surface area contributed by atoms with E-state index in [1.165, 1.54) is 18.2 Å². The van der Waals surface area contributed by atoms with E-state index in [0.29, 0.717) is 30.8 Å². The summed E-state index contributed by atoms with van der Waals surface area (Å²) in [6.07, 6.45) is 2.34. The molecule has 33 heavy (non-hydrogen) atoms. The van der Waals surface area contributed by atoms with Crippen molar-refractivity contribution < 1.29 is 27.0 Å². The summed E-state index contributed by atoms with van der Waals surface area (Å²) in [6.45, 7) is 4.57. The highest BCUT2D eigenvalue weighted by Crippen LogP contribution is 2.38. The second kappa shape index (κ2) is 8.76. The molecular weight excluding hydrogens is 432 g/mol. The molecule has 6 heteroatoms. The molecule has 0 saturated carbocycles. The first-order valence-corrected chi connectivity index (χ1v) is 10.9. The topological polar surface area (TPSA) is 21.8 Å². The molecule has 2 nitrogen and oxygen atoms in total. The Morgan fingerprint density at radius 3 is 1.55 bits per heavy atom. The molecule has 3 aromatic rings. The minimum atomic E-state index is -0.958. The molecule has 3 unspecified atom stereocenters. The summed E-state index contributed by atoms with van der Waals surface area (Å²) < 4.78 is 69.5. The molecule has 5 rings (SSSR count). The highest BCUT2D eigenvalue weighted by atomic mass is 19.2. The molecular formula is C27H22F4O2. The Labute approximate surface area is 189 Å². The van der Waals surface area contributed by atoms with E-state index < -0.39 is 29.4 Å². The number of hydrogen-bond acceptors (Lipinski definition) is 2. The maximum absolute atomic E-state index is 14.9. The normalized spacial score (nSPS) is 22.2. The average Bonchev–Trinajstić information content (AvgIpc) is 3.68. The first-order valence-electron chi connectivity index (χ1n) is 10.9.